The van der Waals surface area contributed by atoms with Crippen molar-refractivity contribution in [3.63, 3.8) is 0 Å². The second-order valence-corrected chi connectivity index (χ2v) is 9.78. The van der Waals surface area contributed by atoms with E-state index in [0.717, 1.165) is 81.4 Å². The van der Waals surface area contributed by atoms with Gasteiger partial charge in [0.05, 0.1) is 6.20 Å². The Morgan fingerprint density at radius 2 is 1.85 bits per heavy atom. The molecule has 3 aromatic rings. The fraction of sp³-hybridized carbons (Fsp3) is 0.577. The van der Waals surface area contributed by atoms with Crippen LogP contribution in [0, 0.1) is 5.82 Å². The Hall–Kier alpha value is -2.74. The molecule has 2 aliphatic rings. The summed E-state index contributed by atoms with van der Waals surface area (Å²) in [6, 6.07) is 7.18. The Balaban J connectivity index is 1.40. The fourth-order valence-corrected chi connectivity index (χ4v) is 5.56. The highest BCUT2D eigenvalue weighted by Crippen LogP contribution is 2.33. The molecule has 7 nitrogen and oxygen atoms in total. The van der Waals surface area contributed by atoms with Gasteiger partial charge in [0.1, 0.15) is 11.3 Å². The quantitative estimate of drug-likeness (QED) is 0.479. The summed E-state index contributed by atoms with van der Waals surface area (Å²) in [5, 5.41) is 3.32. The molecule has 1 aliphatic heterocycles. The smallest absolute Gasteiger partial charge is 0.330 e. The largest absolute Gasteiger partial charge is 0.354 e. The van der Waals surface area contributed by atoms with E-state index >= 15 is 0 Å². The van der Waals surface area contributed by atoms with Crippen LogP contribution in [0.15, 0.2) is 35.3 Å². The summed E-state index contributed by atoms with van der Waals surface area (Å²) in [6.07, 6.45) is 10.2. The number of piperidine rings is 1. The van der Waals surface area contributed by atoms with E-state index in [-0.39, 0.29) is 23.6 Å². The lowest BCUT2D eigenvalue weighted by molar-refractivity contribution is 0.178. The lowest BCUT2D eigenvalue weighted by Crippen LogP contribution is -2.38. The van der Waals surface area contributed by atoms with E-state index in [9.17, 15) is 9.18 Å². The first-order chi connectivity index (χ1) is 16.6. The molecule has 2 fully saturated rings. The van der Waals surface area contributed by atoms with E-state index in [2.05, 4.69) is 22.1 Å². The maximum atomic E-state index is 13.7. The molecule has 0 radical (unpaired) electrons. The Morgan fingerprint density at radius 1 is 1.09 bits per heavy atom. The van der Waals surface area contributed by atoms with Crippen molar-refractivity contribution in [3.8, 4) is 0 Å². The van der Waals surface area contributed by atoms with Crippen molar-refractivity contribution in [2.75, 3.05) is 25.0 Å². The van der Waals surface area contributed by atoms with Gasteiger partial charge in [-0.1, -0.05) is 38.3 Å². The van der Waals surface area contributed by atoms with Gasteiger partial charge in [-0.05, 0) is 49.8 Å². The summed E-state index contributed by atoms with van der Waals surface area (Å²) in [5.74, 6) is 0.406. The van der Waals surface area contributed by atoms with Crippen molar-refractivity contribution in [2.45, 2.75) is 76.9 Å². The molecule has 1 saturated carbocycles. The van der Waals surface area contributed by atoms with Gasteiger partial charge in [0, 0.05) is 38.3 Å². The average molecular weight is 467 g/mol. The average Bonchev–Trinajstić information content (AvgIpc) is 3.45. The minimum Gasteiger partial charge on any atom is -0.354 e. The van der Waals surface area contributed by atoms with Crippen LogP contribution in [0.2, 0.25) is 0 Å². The summed E-state index contributed by atoms with van der Waals surface area (Å²) in [6.45, 7) is 5.46. The van der Waals surface area contributed by atoms with E-state index in [1.54, 1.807) is 12.1 Å². The van der Waals surface area contributed by atoms with Crippen molar-refractivity contribution in [1.82, 2.24) is 24.0 Å². The zero-order valence-corrected chi connectivity index (χ0v) is 20.0. The molecule has 1 N–H and O–H groups in total. The highest BCUT2D eigenvalue weighted by atomic mass is 19.1. The van der Waals surface area contributed by atoms with Gasteiger partial charge in [0.25, 0.3) is 0 Å². The number of unbranched alkanes of at least 4 members (excludes halogenated alkanes) is 1. The number of likely N-dealkylation sites (tertiary alicyclic amines) is 1. The minimum absolute atomic E-state index is 0.0606. The molecule has 0 amide bonds. The molecule has 0 spiro atoms. The molecule has 2 aromatic heterocycles. The van der Waals surface area contributed by atoms with Crippen LogP contribution in [-0.4, -0.2) is 43.6 Å². The molecular formula is C26H35FN6O. The van der Waals surface area contributed by atoms with Crippen molar-refractivity contribution in [3.05, 3.63) is 52.3 Å². The molecular weight excluding hydrogens is 431 g/mol. The first kappa shape index (κ1) is 23.0. The highest BCUT2D eigenvalue weighted by Gasteiger charge is 2.29. The van der Waals surface area contributed by atoms with E-state index in [0.29, 0.717) is 5.95 Å². The zero-order valence-electron chi connectivity index (χ0n) is 20.0. The predicted octanol–water partition coefficient (Wildman–Crippen LogP) is 4.90. The van der Waals surface area contributed by atoms with Crippen LogP contribution in [0.25, 0.3) is 11.2 Å². The number of hydrogen-bond acceptors (Lipinski definition) is 5. The van der Waals surface area contributed by atoms with Crippen LogP contribution < -0.4 is 11.0 Å². The van der Waals surface area contributed by atoms with E-state index < -0.39 is 0 Å². The molecule has 5 rings (SSSR count). The van der Waals surface area contributed by atoms with E-state index in [1.807, 2.05) is 21.4 Å². The molecule has 182 valence electrons. The lowest BCUT2D eigenvalue weighted by Gasteiger charge is -2.32. The second-order valence-electron chi connectivity index (χ2n) is 9.78. The van der Waals surface area contributed by atoms with Crippen LogP contribution >= 0.6 is 0 Å². The van der Waals surface area contributed by atoms with E-state index in [4.69, 9.17) is 4.98 Å². The number of benzene rings is 1. The first-order valence-corrected chi connectivity index (χ1v) is 12.8. The van der Waals surface area contributed by atoms with Gasteiger partial charge in [-0.15, -0.1) is 0 Å². The predicted molar refractivity (Wildman–Crippen MR) is 133 cm³/mol. The Labute approximate surface area is 200 Å². The summed E-state index contributed by atoms with van der Waals surface area (Å²) >= 11 is 0. The first-order valence-electron chi connectivity index (χ1n) is 12.8. The van der Waals surface area contributed by atoms with Crippen LogP contribution in [0.4, 0.5) is 10.3 Å². The van der Waals surface area contributed by atoms with Gasteiger partial charge in [-0.2, -0.15) is 4.98 Å². The van der Waals surface area contributed by atoms with Gasteiger partial charge in [-0.25, -0.2) is 14.2 Å². The Morgan fingerprint density at radius 3 is 2.59 bits per heavy atom. The third kappa shape index (κ3) is 4.73. The molecule has 1 saturated heterocycles. The molecule has 0 unspecified atom stereocenters. The number of hydrogen-bond donors (Lipinski definition) is 1. The fourth-order valence-electron chi connectivity index (χ4n) is 5.56. The highest BCUT2D eigenvalue weighted by molar-refractivity contribution is 5.72. The Bertz CT molecular complexity index is 1170. The van der Waals surface area contributed by atoms with Crippen molar-refractivity contribution >= 4 is 17.1 Å². The second kappa shape index (κ2) is 10.3. The molecule has 1 aromatic carbocycles. The van der Waals surface area contributed by atoms with Crippen molar-refractivity contribution < 1.29 is 4.39 Å². The van der Waals surface area contributed by atoms with Crippen LogP contribution in [0.3, 0.4) is 0 Å². The third-order valence-electron chi connectivity index (χ3n) is 7.37. The number of imidazole rings is 1. The SMILES string of the molecule is CCCCNc1ncc2c(n1)n(C1CCN(Cc3cccc(F)c3)CC1)c(=O)n2C1CCCC1. The van der Waals surface area contributed by atoms with Crippen molar-refractivity contribution in [2.24, 2.45) is 0 Å². The zero-order chi connectivity index (χ0) is 23.5. The molecule has 34 heavy (non-hydrogen) atoms. The number of rotatable bonds is 8. The summed E-state index contributed by atoms with van der Waals surface area (Å²) < 4.78 is 17.5. The number of nitrogens with zero attached hydrogens (tertiary/aromatic N) is 5. The monoisotopic (exact) mass is 466 g/mol. The van der Waals surface area contributed by atoms with E-state index in [1.165, 1.54) is 18.9 Å². The van der Waals surface area contributed by atoms with Crippen LogP contribution in [0.5, 0.6) is 0 Å². The molecule has 8 heteroatoms. The number of nitrogens with one attached hydrogen (secondary N) is 1. The maximum Gasteiger partial charge on any atom is 0.330 e. The normalized spacial score (nSPS) is 18.2. The topological polar surface area (TPSA) is 68.0 Å². The van der Waals surface area contributed by atoms with Gasteiger partial charge < -0.3 is 5.32 Å². The van der Waals surface area contributed by atoms with Crippen LogP contribution in [-0.2, 0) is 6.54 Å². The summed E-state index contributed by atoms with van der Waals surface area (Å²) in [5.41, 5.74) is 2.67. The molecule has 1 aliphatic carbocycles. The lowest BCUT2D eigenvalue weighted by atomic mass is 10.0. The van der Waals surface area contributed by atoms with Crippen LogP contribution in [0.1, 0.15) is 75.9 Å². The number of fused-ring (bicyclic) bond motifs is 1. The molecule has 0 atom stereocenters. The molecule has 3 heterocycles. The van der Waals surface area contributed by atoms with Gasteiger partial charge >= 0.3 is 5.69 Å². The summed E-state index contributed by atoms with van der Waals surface area (Å²) in [7, 11) is 0. The summed E-state index contributed by atoms with van der Waals surface area (Å²) in [4.78, 5) is 25.5. The van der Waals surface area contributed by atoms with Gasteiger partial charge in [-0.3, -0.25) is 14.0 Å². The maximum absolute atomic E-state index is 13.7. The van der Waals surface area contributed by atoms with Gasteiger partial charge in [0.15, 0.2) is 5.65 Å². The Kier molecular flexibility index (Phi) is 6.94. The molecule has 0 bridgehead atoms. The third-order valence-corrected chi connectivity index (χ3v) is 7.37. The number of anilines is 1. The van der Waals surface area contributed by atoms with Crippen molar-refractivity contribution in [1.29, 1.82) is 0 Å². The number of aromatic nitrogens is 4. The standard InChI is InChI=1S/C26H35FN6O/c1-2-3-13-28-25-29-17-23-24(30-25)33(26(34)32(23)21-9-4-5-10-21)22-11-14-31(15-12-22)18-19-7-6-8-20(27)16-19/h6-8,16-17,21-22H,2-5,9-15,18H2,1H3,(H,28,29,30). The minimum atomic E-state index is -0.193. The number of halogens is 1. The van der Waals surface area contributed by atoms with Gasteiger partial charge in [0.2, 0.25) is 5.95 Å².